The normalized spacial score (nSPS) is 9.88. The molecule has 0 spiro atoms. The topological polar surface area (TPSA) is 56.5 Å². The van der Waals surface area contributed by atoms with Crippen LogP contribution in [0.2, 0.25) is 0 Å². The summed E-state index contributed by atoms with van der Waals surface area (Å²) in [4.78, 5) is 22.0. The van der Waals surface area contributed by atoms with E-state index in [9.17, 15) is 9.59 Å². The van der Waals surface area contributed by atoms with Crippen molar-refractivity contribution in [3.63, 3.8) is 0 Å². The van der Waals surface area contributed by atoms with Gasteiger partial charge in [-0.25, -0.2) is 0 Å². The van der Waals surface area contributed by atoms with E-state index < -0.39 is 5.43 Å². The van der Waals surface area contributed by atoms with Crippen LogP contribution in [0.1, 0.15) is 11.3 Å². The second-order valence-electron chi connectivity index (χ2n) is 3.32. The highest BCUT2D eigenvalue weighted by Crippen LogP contribution is 2.12. The third-order valence-electron chi connectivity index (χ3n) is 2.15. The Hall–Kier alpha value is -2.36. The molecule has 1 radical (unpaired) electrons. The predicted octanol–water partition coefficient (Wildman–Crippen LogP) is 1.68. The molecule has 0 aliphatic heterocycles. The van der Waals surface area contributed by atoms with Crippen LogP contribution in [0.5, 0.6) is 5.75 Å². The van der Waals surface area contributed by atoms with E-state index in [0.29, 0.717) is 0 Å². The molecule has 85 valence electrons. The molecule has 0 fully saturated rings. The highest BCUT2D eigenvalue weighted by atomic mass is 16.5. The predicted molar refractivity (Wildman–Crippen MR) is 60.5 cm³/mol. The van der Waals surface area contributed by atoms with Gasteiger partial charge in [-0.1, -0.05) is 30.3 Å². The second kappa shape index (κ2) is 5.12. The molecular weight excluding hydrogens is 220 g/mol. The van der Waals surface area contributed by atoms with E-state index in [1.165, 1.54) is 12.4 Å². The van der Waals surface area contributed by atoms with Gasteiger partial charge in [0.15, 0.2) is 0 Å². The van der Waals surface area contributed by atoms with Crippen LogP contribution in [0.3, 0.4) is 0 Å². The quantitative estimate of drug-likeness (QED) is 0.800. The zero-order chi connectivity index (χ0) is 12.1. The minimum absolute atomic E-state index is 0.105. The highest BCUT2D eigenvalue weighted by Gasteiger charge is 2.10. The summed E-state index contributed by atoms with van der Waals surface area (Å²) in [5.74, 6) is -0.320. The number of rotatable bonds is 4. The van der Waals surface area contributed by atoms with Crippen molar-refractivity contribution in [3.05, 3.63) is 64.2 Å². The Bertz CT molecular complexity index is 557. The van der Waals surface area contributed by atoms with Crippen LogP contribution in [-0.2, 0) is 11.4 Å². The molecule has 0 unspecified atom stereocenters. The monoisotopic (exact) mass is 229 g/mol. The number of hydrogen-bond acceptors (Lipinski definition) is 4. The van der Waals surface area contributed by atoms with Crippen LogP contribution in [0.4, 0.5) is 0 Å². The molecule has 2 rings (SSSR count). The van der Waals surface area contributed by atoms with E-state index in [1.54, 1.807) is 0 Å². The summed E-state index contributed by atoms with van der Waals surface area (Å²) in [7, 11) is 0. The molecule has 1 aromatic carbocycles. The lowest BCUT2D eigenvalue weighted by Crippen LogP contribution is -2.09. The molecule has 1 aromatic heterocycles. The molecule has 1 heterocycles. The van der Waals surface area contributed by atoms with Gasteiger partial charge in [0, 0.05) is 6.07 Å². The molecule has 0 atom stereocenters. The number of carbonyl (C=O) groups excluding carboxylic acids is 1. The maximum absolute atomic E-state index is 11.5. The number of ether oxygens (including phenoxy) is 1. The molecule has 17 heavy (non-hydrogen) atoms. The van der Waals surface area contributed by atoms with Crippen molar-refractivity contribution in [1.29, 1.82) is 0 Å². The fourth-order valence-corrected chi connectivity index (χ4v) is 1.34. The Morgan fingerprint density at radius 2 is 1.94 bits per heavy atom. The lowest BCUT2D eigenvalue weighted by Gasteiger charge is -2.05. The second-order valence-corrected chi connectivity index (χ2v) is 3.32. The Morgan fingerprint density at radius 3 is 2.65 bits per heavy atom. The number of hydrogen-bond donors (Lipinski definition) is 0. The molecule has 0 aliphatic rings. The first kappa shape index (κ1) is 11.1. The Morgan fingerprint density at radius 1 is 1.18 bits per heavy atom. The molecular formula is C13H9O4. The lowest BCUT2D eigenvalue weighted by atomic mass is 10.2. The summed E-state index contributed by atoms with van der Waals surface area (Å²) in [5, 5.41) is 0. The molecule has 4 nitrogen and oxygen atoms in total. The first-order valence-corrected chi connectivity index (χ1v) is 4.98. The summed E-state index contributed by atoms with van der Waals surface area (Å²) in [6.45, 7) is 0.199. The smallest absolute Gasteiger partial charge is 0.276 e. The van der Waals surface area contributed by atoms with Crippen LogP contribution < -0.4 is 10.2 Å². The van der Waals surface area contributed by atoms with Gasteiger partial charge in [-0.15, -0.1) is 0 Å². The van der Waals surface area contributed by atoms with Crippen molar-refractivity contribution in [3.8, 4) is 5.75 Å². The summed E-state index contributed by atoms with van der Waals surface area (Å²) in [6.07, 6.45) is 2.67. The van der Waals surface area contributed by atoms with Crippen LogP contribution in [-0.4, -0.2) is 6.29 Å². The molecule has 4 heteroatoms. The average molecular weight is 229 g/mol. The van der Waals surface area contributed by atoms with Gasteiger partial charge in [0.1, 0.15) is 6.61 Å². The largest absolute Gasteiger partial charge is 0.481 e. The minimum atomic E-state index is -0.398. The lowest BCUT2D eigenvalue weighted by molar-refractivity contribution is 0.290. The van der Waals surface area contributed by atoms with Crippen LogP contribution in [0.15, 0.2) is 51.9 Å². The van der Waals surface area contributed by atoms with Crippen molar-refractivity contribution in [1.82, 2.24) is 0 Å². The third kappa shape index (κ3) is 2.60. The van der Waals surface area contributed by atoms with E-state index in [-0.39, 0.29) is 18.1 Å². The summed E-state index contributed by atoms with van der Waals surface area (Å²) < 4.78 is 10.1. The van der Waals surface area contributed by atoms with Gasteiger partial charge in [0.2, 0.25) is 16.9 Å². The van der Waals surface area contributed by atoms with Crippen LogP contribution in [0, 0.1) is 0 Å². The minimum Gasteiger partial charge on any atom is -0.481 e. The molecule has 0 amide bonds. The van der Waals surface area contributed by atoms with Gasteiger partial charge >= 0.3 is 0 Å². The zero-order valence-corrected chi connectivity index (χ0v) is 8.88. The Kier molecular flexibility index (Phi) is 3.35. The van der Waals surface area contributed by atoms with E-state index in [4.69, 9.17) is 9.15 Å². The Labute approximate surface area is 97.5 Å². The van der Waals surface area contributed by atoms with Crippen molar-refractivity contribution < 1.29 is 13.9 Å². The standard InChI is InChI=1S/C13H9O4/c14-8-12-13(11(15)6-7-16-12)17-9-10-4-2-1-3-5-10/h1-7H,9H2. The number of benzene rings is 1. The Balaban J connectivity index is 2.20. The molecule has 0 N–H and O–H groups in total. The summed E-state index contributed by atoms with van der Waals surface area (Å²) in [5.41, 5.74) is 0.498. The average Bonchev–Trinajstić information content (AvgIpc) is 2.38. The summed E-state index contributed by atoms with van der Waals surface area (Å²) >= 11 is 0. The van der Waals surface area contributed by atoms with Crippen molar-refractivity contribution in [2.24, 2.45) is 0 Å². The maximum atomic E-state index is 11.5. The SMILES string of the molecule is O=[C]c1occc(=O)c1OCc1ccccc1. The van der Waals surface area contributed by atoms with E-state index in [1.807, 2.05) is 30.3 Å². The van der Waals surface area contributed by atoms with Crippen molar-refractivity contribution in [2.75, 3.05) is 0 Å². The van der Waals surface area contributed by atoms with E-state index >= 15 is 0 Å². The zero-order valence-electron chi connectivity index (χ0n) is 8.88. The van der Waals surface area contributed by atoms with Crippen molar-refractivity contribution >= 4 is 6.29 Å². The van der Waals surface area contributed by atoms with Gasteiger partial charge in [-0.3, -0.25) is 9.59 Å². The highest BCUT2D eigenvalue weighted by molar-refractivity contribution is 5.75. The van der Waals surface area contributed by atoms with Gasteiger partial charge < -0.3 is 9.15 Å². The molecule has 0 saturated heterocycles. The van der Waals surface area contributed by atoms with Gasteiger partial charge in [-0.05, 0) is 5.56 Å². The fraction of sp³-hybridized carbons (Fsp3) is 0.0769. The molecule has 2 aromatic rings. The molecule has 0 bridgehead atoms. The third-order valence-corrected chi connectivity index (χ3v) is 2.15. The molecule has 0 saturated carbocycles. The molecule has 0 aliphatic carbocycles. The van der Waals surface area contributed by atoms with Gasteiger partial charge in [-0.2, -0.15) is 0 Å². The van der Waals surface area contributed by atoms with E-state index in [2.05, 4.69) is 0 Å². The van der Waals surface area contributed by atoms with Crippen molar-refractivity contribution in [2.45, 2.75) is 6.61 Å². The summed E-state index contributed by atoms with van der Waals surface area (Å²) in [6, 6.07) is 10.5. The van der Waals surface area contributed by atoms with E-state index in [0.717, 1.165) is 11.8 Å². The first-order chi connectivity index (χ1) is 8.31. The maximum Gasteiger partial charge on any atom is 0.276 e. The van der Waals surface area contributed by atoms with Gasteiger partial charge in [0.05, 0.1) is 6.26 Å². The van der Waals surface area contributed by atoms with Crippen LogP contribution >= 0.6 is 0 Å². The van der Waals surface area contributed by atoms with Gasteiger partial charge in [0.25, 0.3) is 6.29 Å². The first-order valence-electron chi connectivity index (χ1n) is 4.98. The van der Waals surface area contributed by atoms with Crippen LogP contribution in [0.25, 0.3) is 0 Å². The fourth-order valence-electron chi connectivity index (χ4n) is 1.34.